The fraction of sp³-hybridized carbons (Fsp3) is 0.158. The Bertz CT molecular complexity index is 823. The van der Waals surface area contributed by atoms with Gasteiger partial charge in [-0.1, -0.05) is 36.4 Å². The minimum atomic E-state index is -0.824. The molecule has 0 bridgehead atoms. The monoisotopic (exact) mass is 326 g/mol. The number of nitrogens with one attached hydrogen (secondary N) is 1. The number of rotatable bonds is 4. The van der Waals surface area contributed by atoms with E-state index in [-0.39, 0.29) is 17.2 Å². The average Bonchev–Trinajstić information content (AvgIpc) is 2.59. The van der Waals surface area contributed by atoms with Gasteiger partial charge < -0.3 is 5.32 Å². The normalized spacial score (nSPS) is 12.4. The molecule has 0 aliphatic rings. The van der Waals surface area contributed by atoms with Gasteiger partial charge in [0, 0.05) is 5.56 Å². The summed E-state index contributed by atoms with van der Waals surface area (Å²) in [7, 11) is 0. The number of halogens is 2. The second-order valence-corrected chi connectivity index (χ2v) is 5.37. The molecule has 2 aromatic rings. The first-order valence-electron chi connectivity index (χ1n) is 7.36. The van der Waals surface area contributed by atoms with Gasteiger partial charge in [-0.15, -0.1) is 0 Å². The van der Waals surface area contributed by atoms with E-state index in [2.05, 4.69) is 5.32 Å². The van der Waals surface area contributed by atoms with E-state index >= 15 is 0 Å². The van der Waals surface area contributed by atoms with Crippen LogP contribution in [0.2, 0.25) is 0 Å². The van der Waals surface area contributed by atoms with Crippen molar-refractivity contribution in [3.05, 3.63) is 76.4 Å². The third-order valence-electron chi connectivity index (χ3n) is 3.62. The molecule has 0 saturated carbocycles. The predicted octanol–water partition coefficient (Wildman–Crippen LogP) is 4.06. The maximum atomic E-state index is 14.0. The summed E-state index contributed by atoms with van der Waals surface area (Å²) in [6, 6.07) is 12.9. The highest BCUT2D eigenvalue weighted by molar-refractivity contribution is 6.01. The van der Waals surface area contributed by atoms with Crippen LogP contribution in [0.25, 0.3) is 6.08 Å². The quantitative estimate of drug-likeness (QED) is 0.680. The first kappa shape index (κ1) is 17.4. The van der Waals surface area contributed by atoms with Gasteiger partial charge in [-0.3, -0.25) is 4.79 Å². The molecule has 0 aliphatic carbocycles. The van der Waals surface area contributed by atoms with Crippen LogP contribution >= 0.6 is 0 Å². The molecule has 1 atom stereocenters. The van der Waals surface area contributed by atoms with E-state index in [9.17, 15) is 13.6 Å². The number of hydrogen-bond acceptors (Lipinski definition) is 2. The Morgan fingerprint density at radius 3 is 2.50 bits per heavy atom. The lowest BCUT2D eigenvalue weighted by Gasteiger charge is -2.14. The second kappa shape index (κ2) is 7.51. The fourth-order valence-corrected chi connectivity index (χ4v) is 2.20. The molecule has 0 fully saturated rings. The van der Waals surface area contributed by atoms with E-state index in [1.165, 1.54) is 13.0 Å². The van der Waals surface area contributed by atoms with Gasteiger partial charge in [0.25, 0.3) is 5.91 Å². The molecule has 0 radical (unpaired) electrons. The van der Waals surface area contributed by atoms with Crippen LogP contribution in [0.1, 0.15) is 29.7 Å². The topological polar surface area (TPSA) is 52.9 Å². The molecule has 2 aromatic carbocycles. The summed E-state index contributed by atoms with van der Waals surface area (Å²) in [6.07, 6.45) is 0.935. The molecule has 1 N–H and O–H groups in total. The van der Waals surface area contributed by atoms with Crippen LogP contribution in [-0.4, -0.2) is 5.91 Å². The molecule has 0 unspecified atom stereocenters. The maximum Gasteiger partial charge on any atom is 0.262 e. The first-order valence-corrected chi connectivity index (χ1v) is 7.36. The van der Waals surface area contributed by atoms with Crippen molar-refractivity contribution < 1.29 is 13.6 Å². The summed E-state index contributed by atoms with van der Waals surface area (Å²) < 4.78 is 27.8. The van der Waals surface area contributed by atoms with Gasteiger partial charge in [0.15, 0.2) is 0 Å². The SMILES string of the molecule is Cc1ccc(F)c(C=C(C#N)C(=O)N[C@@H](C)c2ccccc2)c1F. The summed E-state index contributed by atoms with van der Waals surface area (Å²) >= 11 is 0. The zero-order chi connectivity index (χ0) is 17.7. The van der Waals surface area contributed by atoms with Gasteiger partial charge in [0.2, 0.25) is 0 Å². The molecule has 5 heteroatoms. The molecule has 1 amide bonds. The highest BCUT2D eigenvalue weighted by Crippen LogP contribution is 2.20. The van der Waals surface area contributed by atoms with Crippen LogP contribution in [0.3, 0.4) is 0 Å². The lowest BCUT2D eigenvalue weighted by atomic mass is 10.1. The Labute approximate surface area is 139 Å². The van der Waals surface area contributed by atoms with Gasteiger partial charge in [-0.05, 0) is 37.1 Å². The van der Waals surface area contributed by atoms with Crippen LogP contribution in [0.5, 0.6) is 0 Å². The van der Waals surface area contributed by atoms with E-state index in [0.717, 1.165) is 17.7 Å². The van der Waals surface area contributed by atoms with Crippen LogP contribution in [-0.2, 0) is 4.79 Å². The molecule has 2 rings (SSSR count). The van der Waals surface area contributed by atoms with Crippen molar-refractivity contribution in [2.75, 3.05) is 0 Å². The Morgan fingerprint density at radius 2 is 1.88 bits per heavy atom. The molecule has 24 heavy (non-hydrogen) atoms. The fourth-order valence-electron chi connectivity index (χ4n) is 2.20. The summed E-state index contributed by atoms with van der Waals surface area (Å²) in [6.45, 7) is 3.24. The predicted molar refractivity (Wildman–Crippen MR) is 87.7 cm³/mol. The lowest BCUT2D eigenvalue weighted by molar-refractivity contribution is -0.117. The highest BCUT2D eigenvalue weighted by atomic mass is 19.1. The number of benzene rings is 2. The van der Waals surface area contributed by atoms with Gasteiger partial charge >= 0.3 is 0 Å². The standard InChI is InChI=1S/C19H16F2N2O/c1-12-8-9-17(20)16(18(12)21)10-15(11-22)19(24)23-13(2)14-6-4-3-5-7-14/h3-10,13H,1-2H3,(H,23,24)/t13-/m0/s1. The molecule has 122 valence electrons. The molecule has 0 saturated heterocycles. The average molecular weight is 326 g/mol. The number of nitriles is 1. The maximum absolute atomic E-state index is 14.0. The molecule has 0 spiro atoms. The van der Waals surface area contributed by atoms with Crippen molar-refractivity contribution in [2.45, 2.75) is 19.9 Å². The Balaban J connectivity index is 2.27. The zero-order valence-corrected chi connectivity index (χ0v) is 13.3. The third kappa shape index (κ3) is 3.85. The molecular weight excluding hydrogens is 310 g/mol. The van der Waals surface area contributed by atoms with Crippen molar-refractivity contribution >= 4 is 12.0 Å². The zero-order valence-electron chi connectivity index (χ0n) is 13.3. The van der Waals surface area contributed by atoms with E-state index in [4.69, 9.17) is 5.26 Å². The minimum Gasteiger partial charge on any atom is -0.345 e. The number of carbonyl (C=O) groups is 1. The van der Waals surface area contributed by atoms with Crippen LogP contribution in [0, 0.1) is 29.9 Å². The van der Waals surface area contributed by atoms with Crippen molar-refractivity contribution in [3.63, 3.8) is 0 Å². The summed E-state index contributed by atoms with van der Waals surface area (Å²) in [5.41, 5.74) is 0.337. The van der Waals surface area contributed by atoms with Gasteiger partial charge in [-0.25, -0.2) is 8.78 Å². The molecule has 3 nitrogen and oxygen atoms in total. The van der Waals surface area contributed by atoms with Gasteiger partial charge in [0.1, 0.15) is 23.3 Å². The Kier molecular flexibility index (Phi) is 5.43. The van der Waals surface area contributed by atoms with Crippen molar-refractivity contribution in [1.82, 2.24) is 5.32 Å². The highest BCUT2D eigenvalue weighted by Gasteiger charge is 2.16. The number of carbonyl (C=O) groups excluding carboxylic acids is 1. The molecule has 0 aliphatic heterocycles. The van der Waals surface area contributed by atoms with Gasteiger partial charge in [0.05, 0.1) is 6.04 Å². The van der Waals surface area contributed by atoms with Crippen LogP contribution in [0.15, 0.2) is 48.0 Å². The largest absolute Gasteiger partial charge is 0.345 e. The van der Waals surface area contributed by atoms with Gasteiger partial charge in [-0.2, -0.15) is 5.26 Å². The van der Waals surface area contributed by atoms with E-state index < -0.39 is 23.1 Å². The van der Waals surface area contributed by atoms with E-state index in [1.807, 2.05) is 30.3 Å². The Hall–Kier alpha value is -3.00. The van der Waals surface area contributed by atoms with Crippen LogP contribution < -0.4 is 5.32 Å². The number of aryl methyl sites for hydroxylation is 1. The second-order valence-electron chi connectivity index (χ2n) is 5.37. The van der Waals surface area contributed by atoms with Crippen molar-refractivity contribution in [2.24, 2.45) is 0 Å². The van der Waals surface area contributed by atoms with Crippen molar-refractivity contribution in [3.8, 4) is 6.07 Å². The summed E-state index contributed by atoms with van der Waals surface area (Å²) in [5.74, 6) is -2.30. The van der Waals surface area contributed by atoms with E-state index in [1.54, 1.807) is 13.0 Å². The summed E-state index contributed by atoms with van der Waals surface area (Å²) in [4.78, 5) is 12.2. The molecular formula is C19H16F2N2O. The lowest BCUT2D eigenvalue weighted by Crippen LogP contribution is -2.27. The molecule has 0 aromatic heterocycles. The number of amides is 1. The third-order valence-corrected chi connectivity index (χ3v) is 3.62. The Morgan fingerprint density at radius 1 is 1.21 bits per heavy atom. The number of nitrogens with zero attached hydrogens (tertiary/aromatic N) is 1. The van der Waals surface area contributed by atoms with E-state index in [0.29, 0.717) is 0 Å². The first-order chi connectivity index (χ1) is 11.4. The molecule has 0 heterocycles. The minimum absolute atomic E-state index is 0.234. The number of hydrogen-bond donors (Lipinski definition) is 1. The van der Waals surface area contributed by atoms with Crippen molar-refractivity contribution in [1.29, 1.82) is 5.26 Å². The summed E-state index contributed by atoms with van der Waals surface area (Å²) in [5, 5.41) is 11.8. The smallest absolute Gasteiger partial charge is 0.262 e. The van der Waals surface area contributed by atoms with Crippen LogP contribution in [0.4, 0.5) is 8.78 Å².